The summed E-state index contributed by atoms with van der Waals surface area (Å²) in [6.07, 6.45) is 3.94. The van der Waals surface area contributed by atoms with Crippen molar-refractivity contribution in [2.45, 2.75) is 0 Å². The van der Waals surface area contributed by atoms with Gasteiger partial charge in [-0.1, -0.05) is 17.7 Å². The minimum Gasteiger partial charge on any atom is -0.388 e. The van der Waals surface area contributed by atoms with Gasteiger partial charge in [-0.2, -0.15) is 0 Å². The lowest BCUT2D eigenvalue weighted by Crippen LogP contribution is -1.96. The number of aromatic nitrogens is 2. The molecule has 1 heterocycles. The van der Waals surface area contributed by atoms with Gasteiger partial charge >= 0.3 is 0 Å². The Morgan fingerprint density at radius 2 is 2.10 bits per heavy atom. The van der Waals surface area contributed by atoms with Crippen molar-refractivity contribution in [2.75, 3.05) is 12.4 Å². The molecular formula is C14H11Cl2N3O. The van der Waals surface area contributed by atoms with Crippen molar-refractivity contribution in [1.82, 2.24) is 9.97 Å². The molecule has 6 heteroatoms. The first-order valence-corrected chi connectivity index (χ1v) is 6.52. The Balaban J connectivity index is 2.50. The van der Waals surface area contributed by atoms with Crippen molar-refractivity contribution >= 4 is 46.8 Å². The van der Waals surface area contributed by atoms with Crippen LogP contribution in [0.4, 0.5) is 5.69 Å². The maximum absolute atomic E-state index is 11.3. The lowest BCUT2D eigenvalue weighted by Gasteiger charge is -2.09. The van der Waals surface area contributed by atoms with Gasteiger partial charge in [0.25, 0.3) is 0 Å². The van der Waals surface area contributed by atoms with E-state index in [0.717, 1.165) is 17.5 Å². The van der Waals surface area contributed by atoms with Crippen molar-refractivity contribution in [1.29, 1.82) is 0 Å². The average molecular weight is 308 g/mol. The van der Waals surface area contributed by atoms with Crippen LogP contribution in [-0.4, -0.2) is 23.3 Å². The zero-order valence-electron chi connectivity index (χ0n) is 10.6. The Morgan fingerprint density at radius 3 is 2.75 bits per heavy atom. The number of benzene rings is 1. The first-order chi connectivity index (χ1) is 9.63. The molecule has 1 aromatic heterocycles. The van der Waals surface area contributed by atoms with Crippen LogP contribution in [0.3, 0.4) is 0 Å². The molecule has 0 radical (unpaired) electrons. The second kappa shape index (κ2) is 6.50. The van der Waals surface area contributed by atoms with Gasteiger partial charge in [0, 0.05) is 35.1 Å². The Labute approximate surface area is 126 Å². The van der Waals surface area contributed by atoms with E-state index >= 15 is 0 Å². The van der Waals surface area contributed by atoms with Gasteiger partial charge in [-0.15, -0.1) is 0 Å². The first-order valence-electron chi connectivity index (χ1n) is 5.77. The third kappa shape index (κ3) is 3.35. The van der Waals surface area contributed by atoms with Crippen molar-refractivity contribution in [3.8, 4) is 0 Å². The largest absolute Gasteiger partial charge is 0.388 e. The molecule has 2 aromatic rings. The second-order valence-corrected chi connectivity index (χ2v) is 4.68. The number of halogens is 2. The SMILES string of the molecule is CNc1cc(Cl)ccc1/C(C=O)=C\c1ccnc(Cl)n1. The van der Waals surface area contributed by atoms with E-state index in [1.807, 2.05) is 0 Å². The molecule has 4 nitrogen and oxygen atoms in total. The Bertz CT molecular complexity index is 671. The molecule has 0 bridgehead atoms. The van der Waals surface area contributed by atoms with Crippen molar-refractivity contribution in [3.63, 3.8) is 0 Å². The smallest absolute Gasteiger partial charge is 0.222 e. The van der Waals surface area contributed by atoms with E-state index in [0.29, 0.717) is 16.3 Å². The van der Waals surface area contributed by atoms with Gasteiger partial charge in [0.2, 0.25) is 5.28 Å². The molecule has 2 rings (SSSR count). The normalized spacial score (nSPS) is 11.2. The van der Waals surface area contributed by atoms with Crippen LogP contribution in [0, 0.1) is 0 Å². The van der Waals surface area contributed by atoms with E-state index < -0.39 is 0 Å². The highest BCUT2D eigenvalue weighted by molar-refractivity contribution is 6.31. The van der Waals surface area contributed by atoms with Gasteiger partial charge in [-0.25, -0.2) is 9.97 Å². The average Bonchev–Trinajstić information content (AvgIpc) is 2.45. The number of nitrogens with zero attached hydrogens (tertiary/aromatic N) is 2. The van der Waals surface area contributed by atoms with E-state index in [4.69, 9.17) is 23.2 Å². The van der Waals surface area contributed by atoms with E-state index in [2.05, 4.69) is 15.3 Å². The molecule has 1 aromatic carbocycles. The van der Waals surface area contributed by atoms with Gasteiger partial charge < -0.3 is 5.32 Å². The zero-order chi connectivity index (χ0) is 14.5. The van der Waals surface area contributed by atoms with Crippen molar-refractivity contribution < 1.29 is 4.79 Å². The molecule has 1 N–H and O–H groups in total. The van der Waals surface area contributed by atoms with E-state index in [1.54, 1.807) is 37.4 Å². The van der Waals surface area contributed by atoms with Crippen LogP contribution >= 0.6 is 23.2 Å². The fourth-order valence-electron chi connectivity index (χ4n) is 1.74. The molecule has 0 unspecified atom stereocenters. The van der Waals surface area contributed by atoms with E-state index in [9.17, 15) is 4.79 Å². The predicted molar refractivity (Wildman–Crippen MR) is 82.0 cm³/mol. The number of anilines is 1. The number of nitrogens with one attached hydrogen (secondary N) is 1. The van der Waals surface area contributed by atoms with Crippen molar-refractivity contribution in [3.05, 3.63) is 52.0 Å². The van der Waals surface area contributed by atoms with Crippen LogP contribution in [0.2, 0.25) is 10.3 Å². The fraction of sp³-hybridized carbons (Fsp3) is 0.0714. The second-order valence-electron chi connectivity index (χ2n) is 3.91. The number of hydrogen-bond donors (Lipinski definition) is 1. The predicted octanol–water partition coefficient (Wildman–Crippen LogP) is 3.56. The summed E-state index contributed by atoms with van der Waals surface area (Å²) < 4.78 is 0. The number of hydrogen-bond acceptors (Lipinski definition) is 4. The molecule has 102 valence electrons. The van der Waals surface area contributed by atoms with Crippen LogP contribution in [0.1, 0.15) is 11.3 Å². The summed E-state index contributed by atoms with van der Waals surface area (Å²) in [7, 11) is 1.76. The fourth-order valence-corrected chi connectivity index (χ4v) is 2.06. The molecule has 20 heavy (non-hydrogen) atoms. The van der Waals surface area contributed by atoms with Gasteiger partial charge in [0.05, 0.1) is 5.69 Å². The third-order valence-corrected chi connectivity index (χ3v) is 3.06. The summed E-state index contributed by atoms with van der Waals surface area (Å²) in [5.74, 6) is 0. The molecule has 0 aliphatic rings. The molecule has 0 aliphatic carbocycles. The zero-order valence-corrected chi connectivity index (χ0v) is 12.1. The number of rotatable bonds is 4. The Kier molecular flexibility index (Phi) is 4.71. The summed E-state index contributed by atoms with van der Waals surface area (Å²) in [6.45, 7) is 0. The molecule has 0 saturated carbocycles. The lowest BCUT2D eigenvalue weighted by molar-refractivity contribution is -0.103. The minimum atomic E-state index is 0.133. The maximum atomic E-state index is 11.3. The molecule has 0 amide bonds. The summed E-state index contributed by atoms with van der Waals surface area (Å²) in [5.41, 5.74) is 2.53. The third-order valence-electron chi connectivity index (χ3n) is 2.64. The standard InChI is InChI=1S/C14H11Cl2N3O/c1-17-13-7-10(15)2-3-12(13)9(8-20)6-11-4-5-18-14(16)19-11/h2-8,17H,1H3/b9-6-. The van der Waals surface area contributed by atoms with Crippen LogP contribution in [0.25, 0.3) is 11.6 Å². The van der Waals surface area contributed by atoms with E-state index in [1.165, 1.54) is 6.20 Å². The van der Waals surface area contributed by atoms with Crippen LogP contribution < -0.4 is 5.32 Å². The highest BCUT2D eigenvalue weighted by Crippen LogP contribution is 2.27. The monoisotopic (exact) mass is 307 g/mol. The van der Waals surface area contributed by atoms with Crippen molar-refractivity contribution in [2.24, 2.45) is 0 Å². The quantitative estimate of drug-likeness (QED) is 0.533. The highest BCUT2D eigenvalue weighted by atomic mass is 35.5. The lowest BCUT2D eigenvalue weighted by atomic mass is 10.0. The molecule has 0 atom stereocenters. The van der Waals surface area contributed by atoms with Gasteiger partial charge in [-0.05, 0) is 35.9 Å². The van der Waals surface area contributed by atoms with Gasteiger partial charge in [0.1, 0.15) is 0 Å². The number of carbonyl (C=O) groups is 1. The molecule has 0 fully saturated rings. The Morgan fingerprint density at radius 1 is 1.30 bits per heavy atom. The van der Waals surface area contributed by atoms with Gasteiger partial charge in [0.15, 0.2) is 6.29 Å². The molecule has 0 saturated heterocycles. The molecule has 0 aliphatic heterocycles. The summed E-state index contributed by atoms with van der Waals surface area (Å²) in [5, 5.41) is 3.73. The Hall–Kier alpha value is -1.91. The summed E-state index contributed by atoms with van der Waals surface area (Å²) in [4.78, 5) is 19.2. The minimum absolute atomic E-state index is 0.133. The number of aldehydes is 1. The molecular weight excluding hydrogens is 297 g/mol. The summed E-state index contributed by atoms with van der Waals surface area (Å²) >= 11 is 11.7. The maximum Gasteiger partial charge on any atom is 0.222 e. The number of carbonyl (C=O) groups excluding carboxylic acids is 1. The first kappa shape index (κ1) is 14.5. The van der Waals surface area contributed by atoms with Crippen LogP contribution in [0.15, 0.2) is 30.5 Å². The highest BCUT2D eigenvalue weighted by Gasteiger charge is 2.08. The van der Waals surface area contributed by atoms with Crippen LogP contribution in [0.5, 0.6) is 0 Å². The summed E-state index contributed by atoms with van der Waals surface area (Å²) in [6, 6.07) is 6.92. The van der Waals surface area contributed by atoms with E-state index in [-0.39, 0.29) is 5.28 Å². The topological polar surface area (TPSA) is 54.9 Å². The molecule has 0 spiro atoms. The number of allylic oxidation sites excluding steroid dienone is 1. The van der Waals surface area contributed by atoms with Gasteiger partial charge in [-0.3, -0.25) is 4.79 Å². The van der Waals surface area contributed by atoms with Crippen LogP contribution in [-0.2, 0) is 4.79 Å².